The summed E-state index contributed by atoms with van der Waals surface area (Å²) in [4.78, 5) is 2.37. The van der Waals surface area contributed by atoms with Crippen molar-refractivity contribution >= 4 is 5.69 Å². The standard InChI is InChI=1S/C15H24N2O/c1-16-10-14-7-3-4-8-15(14)17(2)11-13-6-5-9-18-12-13/h3-4,7-8,13,16H,5-6,9-12H2,1-2H3. The van der Waals surface area contributed by atoms with Crippen molar-refractivity contribution in [1.29, 1.82) is 0 Å². The fourth-order valence-electron chi connectivity index (χ4n) is 2.66. The molecule has 18 heavy (non-hydrogen) atoms. The Morgan fingerprint density at radius 2 is 2.22 bits per heavy atom. The number of nitrogens with one attached hydrogen (secondary N) is 1. The van der Waals surface area contributed by atoms with Gasteiger partial charge in [-0.25, -0.2) is 0 Å². The van der Waals surface area contributed by atoms with Gasteiger partial charge >= 0.3 is 0 Å². The molecule has 3 heteroatoms. The second kappa shape index (κ2) is 6.76. The van der Waals surface area contributed by atoms with Crippen LogP contribution in [-0.2, 0) is 11.3 Å². The molecule has 3 nitrogen and oxygen atoms in total. The fourth-order valence-corrected chi connectivity index (χ4v) is 2.66. The minimum absolute atomic E-state index is 0.673. The second-order valence-electron chi connectivity index (χ2n) is 5.12. The van der Waals surface area contributed by atoms with Crippen LogP contribution in [0.5, 0.6) is 0 Å². The summed E-state index contributed by atoms with van der Waals surface area (Å²) in [6.45, 7) is 3.86. The molecule has 2 rings (SSSR count). The molecule has 1 N–H and O–H groups in total. The van der Waals surface area contributed by atoms with Gasteiger partial charge in [0.1, 0.15) is 0 Å². The van der Waals surface area contributed by atoms with Gasteiger partial charge < -0.3 is 15.0 Å². The Kier molecular flexibility index (Phi) is 5.02. The molecule has 1 aliphatic rings. The summed E-state index contributed by atoms with van der Waals surface area (Å²) in [5.74, 6) is 0.673. The molecule has 0 radical (unpaired) electrons. The Morgan fingerprint density at radius 3 is 2.94 bits per heavy atom. The van der Waals surface area contributed by atoms with Gasteiger partial charge in [-0.15, -0.1) is 0 Å². The van der Waals surface area contributed by atoms with Gasteiger partial charge in [0.05, 0.1) is 6.61 Å². The molecule has 0 aromatic heterocycles. The predicted molar refractivity (Wildman–Crippen MR) is 76.0 cm³/mol. The van der Waals surface area contributed by atoms with Crippen molar-refractivity contribution in [1.82, 2.24) is 5.32 Å². The van der Waals surface area contributed by atoms with Crippen LogP contribution in [0.3, 0.4) is 0 Å². The molecule has 0 spiro atoms. The number of hydrogen-bond donors (Lipinski definition) is 1. The van der Waals surface area contributed by atoms with Gasteiger partial charge in [0.15, 0.2) is 0 Å². The van der Waals surface area contributed by atoms with E-state index in [1.54, 1.807) is 0 Å². The van der Waals surface area contributed by atoms with Crippen LogP contribution in [0.4, 0.5) is 5.69 Å². The molecule has 1 saturated heterocycles. The highest BCUT2D eigenvalue weighted by Gasteiger charge is 2.17. The van der Waals surface area contributed by atoms with Gasteiger partial charge in [-0.1, -0.05) is 18.2 Å². The van der Waals surface area contributed by atoms with E-state index in [9.17, 15) is 0 Å². The lowest BCUT2D eigenvalue weighted by atomic mass is 10.0. The lowest BCUT2D eigenvalue weighted by molar-refractivity contribution is 0.0576. The molecule has 0 amide bonds. The topological polar surface area (TPSA) is 24.5 Å². The van der Waals surface area contributed by atoms with Crippen LogP contribution in [0.2, 0.25) is 0 Å². The van der Waals surface area contributed by atoms with Gasteiger partial charge in [0.2, 0.25) is 0 Å². The monoisotopic (exact) mass is 248 g/mol. The predicted octanol–water partition coefficient (Wildman–Crippen LogP) is 2.27. The van der Waals surface area contributed by atoms with E-state index in [-0.39, 0.29) is 0 Å². The zero-order valence-electron chi connectivity index (χ0n) is 11.5. The van der Waals surface area contributed by atoms with E-state index in [1.807, 2.05) is 7.05 Å². The van der Waals surface area contributed by atoms with E-state index in [2.05, 4.69) is 41.5 Å². The summed E-state index contributed by atoms with van der Waals surface area (Å²) in [7, 11) is 4.18. The van der Waals surface area contributed by atoms with E-state index < -0.39 is 0 Å². The number of benzene rings is 1. The largest absolute Gasteiger partial charge is 0.381 e. The molecule has 1 heterocycles. The summed E-state index contributed by atoms with van der Waals surface area (Å²) >= 11 is 0. The van der Waals surface area contributed by atoms with Gasteiger partial charge in [0.25, 0.3) is 0 Å². The van der Waals surface area contributed by atoms with Crippen LogP contribution in [0, 0.1) is 5.92 Å². The summed E-state index contributed by atoms with van der Waals surface area (Å²) < 4.78 is 5.56. The Labute approximate surface area is 110 Å². The molecule has 1 aliphatic heterocycles. The van der Waals surface area contributed by atoms with Crippen molar-refractivity contribution in [3.05, 3.63) is 29.8 Å². The Balaban J connectivity index is 2.00. The average Bonchev–Trinajstić information content (AvgIpc) is 2.41. The molecule has 0 aliphatic carbocycles. The molecule has 1 aromatic rings. The highest BCUT2D eigenvalue weighted by Crippen LogP contribution is 2.22. The SMILES string of the molecule is CNCc1ccccc1N(C)CC1CCCOC1. The van der Waals surface area contributed by atoms with Crippen LogP contribution in [0.1, 0.15) is 18.4 Å². The highest BCUT2D eigenvalue weighted by molar-refractivity contribution is 5.53. The number of rotatable bonds is 5. The lowest BCUT2D eigenvalue weighted by Crippen LogP contribution is -2.31. The highest BCUT2D eigenvalue weighted by atomic mass is 16.5. The van der Waals surface area contributed by atoms with Crippen molar-refractivity contribution in [2.24, 2.45) is 5.92 Å². The Hall–Kier alpha value is -1.06. The first-order valence-electron chi connectivity index (χ1n) is 6.82. The third kappa shape index (κ3) is 3.47. The molecule has 0 saturated carbocycles. The number of hydrogen-bond acceptors (Lipinski definition) is 3. The smallest absolute Gasteiger partial charge is 0.0511 e. The van der Waals surface area contributed by atoms with Crippen molar-refractivity contribution in [2.75, 3.05) is 38.8 Å². The Morgan fingerprint density at radius 1 is 1.39 bits per heavy atom. The molecule has 1 unspecified atom stereocenters. The average molecular weight is 248 g/mol. The maximum absolute atomic E-state index is 5.56. The molecular formula is C15H24N2O. The molecule has 1 fully saturated rings. The quantitative estimate of drug-likeness (QED) is 0.865. The number of para-hydroxylation sites is 1. The van der Waals surface area contributed by atoms with Crippen molar-refractivity contribution in [3.63, 3.8) is 0 Å². The second-order valence-corrected chi connectivity index (χ2v) is 5.12. The fraction of sp³-hybridized carbons (Fsp3) is 0.600. The van der Waals surface area contributed by atoms with Crippen LogP contribution in [-0.4, -0.2) is 33.9 Å². The zero-order valence-corrected chi connectivity index (χ0v) is 11.5. The van der Waals surface area contributed by atoms with Crippen LogP contribution >= 0.6 is 0 Å². The third-order valence-corrected chi connectivity index (χ3v) is 3.56. The van der Waals surface area contributed by atoms with Gasteiger partial charge in [-0.2, -0.15) is 0 Å². The first-order chi connectivity index (χ1) is 8.81. The summed E-state index contributed by atoms with van der Waals surface area (Å²) in [5, 5.41) is 3.23. The number of anilines is 1. The normalized spacial score (nSPS) is 19.8. The van der Waals surface area contributed by atoms with E-state index in [0.29, 0.717) is 5.92 Å². The van der Waals surface area contributed by atoms with Gasteiger partial charge in [0, 0.05) is 32.4 Å². The van der Waals surface area contributed by atoms with Crippen molar-refractivity contribution < 1.29 is 4.74 Å². The Bertz CT molecular complexity index is 361. The first-order valence-corrected chi connectivity index (χ1v) is 6.82. The van der Waals surface area contributed by atoms with Crippen molar-refractivity contribution in [2.45, 2.75) is 19.4 Å². The minimum Gasteiger partial charge on any atom is -0.381 e. The van der Waals surface area contributed by atoms with E-state index in [0.717, 1.165) is 26.3 Å². The maximum atomic E-state index is 5.56. The van der Waals surface area contributed by atoms with Crippen LogP contribution in [0.15, 0.2) is 24.3 Å². The van der Waals surface area contributed by atoms with E-state index in [4.69, 9.17) is 4.74 Å². The van der Waals surface area contributed by atoms with Crippen LogP contribution < -0.4 is 10.2 Å². The molecule has 1 atom stereocenters. The van der Waals surface area contributed by atoms with E-state index >= 15 is 0 Å². The number of ether oxygens (including phenoxy) is 1. The lowest BCUT2D eigenvalue weighted by Gasteiger charge is -2.29. The van der Waals surface area contributed by atoms with Gasteiger partial charge in [-0.05, 0) is 37.4 Å². The van der Waals surface area contributed by atoms with Crippen molar-refractivity contribution in [3.8, 4) is 0 Å². The molecule has 1 aromatic carbocycles. The third-order valence-electron chi connectivity index (χ3n) is 3.56. The molecule has 0 bridgehead atoms. The maximum Gasteiger partial charge on any atom is 0.0511 e. The molecular weight excluding hydrogens is 224 g/mol. The van der Waals surface area contributed by atoms with Crippen LogP contribution in [0.25, 0.3) is 0 Å². The van der Waals surface area contributed by atoms with E-state index in [1.165, 1.54) is 24.1 Å². The zero-order chi connectivity index (χ0) is 12.8. The summed E-state index contributed by atoms with van der Waals surface area (Å²) in [6.07, 6.45) is 2.50. The number of nitrogens with zero attached hydrogens (tertiary/aromatic N) is 1. The minimum atomic E-state index is 0.673. The van der Waals surface area contributed by atoms with Gasteiger partial charge in [-0.3, -0.25) is 0 Å². The first kappa shape index (κ1) is 13.4. The summed E-state index contributed by atoms with van der Waals surface area (Å²) in [5.41, 5.74) is 2.69. The summed E-state index contributed by atoms with van der Waals surface area (Å²) in [6, 6.07) is 8.62. The molecule has 100 valence electrons.